The first-order valence-corrected chi connectivity index (χ1v) is 10.9. The number of nitrogens with one attached hydrogen (secondary N) is 2. The van der Waals surface area contributed by atoms with Crippen LogP contribution < -0.4 is 16.2 Å². The maximum absolute atomic E-state index is 12.9. The van der Waals surface area contributed by atoms with Gasteiger partial charge in [-0.2, -0.15) is 0 Å². The van der Waals surface area contributed by atoms with Gasteiger partial charge in [0.2, 0.25) is 11.8 Å². The highest BCUT2D eigenvalue weighted by Gasteiger charge is 2.20. The largest absolute Gasteiger partial charge is 0.385 e. The molecule has 2 N–H and O–H groups in total. The Morgan fingerprint density at radius 3 is 2.76 bits per heavy atom. The van der Waals surface area contributed by atoms with E-state index in [1.807, 2.05) is 0 Å². The second kappa shape index (κ2) is 10.5. The van der Waals surface area contributed by atoms with Crippen LogP contribution in [0.3, 0.4) is 0 Å². The number of thiophene rings is 1. The predicted molar refractivity (Wildman–Crippen MR) is 112 cm³/mol. The molecule has 0 fully saturated rings. The van der Waals surface area contributed by atoms with Gasteiger partial charge in [0.1, 0.15) is 11.4 Å². The molecule has 0 aliphatic heterocycles. The van der Waals surface area contributed by atoms with E-state index in [1.165, 1.54) is 15.8 Å². The van der Waals surface area contributed by atoms with Gasteiger partial charge in [-0.1, -0.05) is 0 Å². The SMILES string of the molecule is COCCCNC(=O)CCCNC(=O)Cn1cnc2sc3c(c2c1=O)CCCC3. The lowest BCUT2D eigenvalue weighted by atomic mass is 9.97. The zero-order chi connectivity index (χ0) is 20.6. The van der Waals surface area contributed by atoms with Gasteiger partial charge in [-0.15, -0.1) is 11.3 Å². The number of amides is 2. The number of fused-ring (bicyclic) bond motifs is 3. The van der Waals surface area contributed by atoms with Crippen LogP contribution in [0.2, 0.25) is 0 Å². The third-order valence-electron chi connectivity index (χ3n) is 5.01. The summed E-state index contributed by atoms with van der Waals surface area (Å²) in [6.07, 6.45) is 7.30. The van der Waals surface area contributed by atoms with E-state index in [2.05, 4.69) is 15.6 Å². The summed E-state index contributed by atoms with van der Waals surface area (Å²) >= 11 is 1.60. The van der Waals surface area contributed by atoms with Crippen LogP contribution in [0.15, 0.2) is 11.1 Å². The Labute approximate surface area is 173 Å². The van der Waals surface area contributed by atoms with Crippen LogP contribution in [0, 0.1) is 0 Å². The van der Waals surface area contributed by atoms with Crippen LogP contribution in [-0.4, -0.2) is 48.2 Å². The van der Waals surface area contributed by atoms with Crippen molar-refractivity contribution in [3.63, 3.8) is 0 Å². The van der Waals surface area contributed by atoms with Crippen LogP contribution in [0.1, 0.15) is 42.5 Å². The number of nitrogens with zero attached hydrogens (tertiary/aromatic N) is 2. The zero-order valence-electron chi connectivity index (χ0n) is 16.8. The second-order valence-corrected chi connectivity index (χ2v) is 8.30. The molecule has 9 heteroatoms. The van der Waals surface area contributed by atoms with Gasteiger partial charge in [0.05, 0.1) is 11.7 Å². The molecule has 1 aliphatic rings. The van der Waals surface area contributed by atoms with Gasteiger partial charge in [0.15, 0.2) is 0 Å². The van der Waals surface area contributed by atoms with E-state index in [9.17, 15) is 14.4 Å². The van der Waals surface area contributed by atoms with E-state index in [-0.39, 0.29) is 23.9 Å². The minimum absolute atomic E-state index is 0.0385. The molecule has 0 bridgehead atoms. The van der Waals surface area contributed by atoms with Crippen molar-refractivity contribution in [2.24, 2.45) is 0 Å². The average molecular weight is 421 g/mol. The summed E-state index contributed by atoms with van der Waals surface area (Å²) in [5, 5.41) is 6.26. The van der Waals surface area contributed by atoms with Gasteiger partial charge in [0, 0.05) is 38.1 Å². The number of ether oxygens (including phenoxy) is 1. The van der Waals surface area contributed by atoms with Crippen LogP contribution in [0.5, 0.6) is 0 Å². The van der Waals surface area contributed by atoms with Crippen LogP contribution in [-0.2, 0) is 33.7 Å². The van der Waals surface area contributed by atoms with Crippen LogP contribution in [0.25, 0.3) is 10.2 Å². The molecule has 0 spiro atoms. The van der Waals surface area contributed by atoms with E-state index >= 15 is 0 Å². The Morgan fingerprint density at radius 2 is 1.93 bits per heavy atom. The molecule has 0 aromatic carbocycles. The number of methoxy groups -OCH3 is 1. The molecule has 8 nitrogen and oxygen atoms in total. The van der Waals surface area contributed by atoms with Crippen molar-refractivity contribution in [3.8, 4) is 0 Å². The minimum atomic E-state index is -0.252. The molecule has 2 heterocycles. The Bertz CT molecular complexity index is 921. The van der Waals surface area contributed by atoms with E-state index < -0.39 is 0 Å². The third kappa shape index (κ3) is 5.63. The number of carbonyl (C=O) groups excluding carboxylic acids is 2. The standard InChI is InChI=1S/C20H28N4O4S/c1-28-11-5-10-21-16(25)8-4-9-22-17(26)12-24-13-23-19-18(20(24)27)14-6-2-3-7-15(14)29-19/h13H,2-12H2,1H3,(H,21,25)(H,22,26). The molecule has 1 aliphatic carbocycles. The summed E-state index contributed by atoms with van der Waals surface area (Å²) < 4.78 is 6.30. The summed E-state index contributed by atoms with van der Waals surface area (Å²) in [5.41, 5.74) is 0.986. The molecule has 29 heavy (non-hydrogen) atoms. The number of aromatic nitrogens is 2. The molecule has 2 aromatic rings. The predicted octanol–water partition coefficient (Wildman–Crippen LogP) is 1.39. The van der Waals surface area contributed by atoms with Crippen molar-refractivity contribution >= 4 is 33.4 Å². The highest BCUT2D eigenvalue weighted by Crippen LogP contribution is 2.33. The van der Waals surface area contributed by atoms with E-state index in [4.69, 9.17) is 4.74 Å². The number of aryl methyl sites for hydroxylation is 2. The summed E-state index contributed by atoms with van der Waals surface area (Å²) in [7, 11) is 1.63. The lowest BCUT2D eigenvalue weighted by Crippen LogP contribution is -2.33. The normalized spacial score (nSPS) is 13.3. The first kappa shape index (κ1) is 21.4. The fraction of sp³-hybridized carbons (Fsp3) is 0.600. The summed E-state index contributed by atoms with van der Waals surface area (Å²) in [6, 6.07) is 0. The second-order valence-electron chi connectivity index (χ2n) is 7.22. The summed E-state index contributed by atoms with van der Waals surface area (Å²) in [4.78, 5) is 43.2. The highest BCUT2D eigenvalue weighted by molar-refractivity contribution is 7.18. The van der Waals surface area contributed by atoms with Gasteiger partial charge in [0.25, 0.3) is 5.56 Å². The van der Waals surface area contributed by atoms with Gasteiger partial charge in [-0.3, -0.25) is 19.0 Å². The molecule has 2 aromatic heterocycles. The average Bonchev–Trinajstić information content (AvgIpc) is 3.10. The lowest BCUT2D eigenvalue weighted by Gasteiger charge is -2.10. The monoisotopic (exact) mass is 420 g/mol. The molecule has 2 amide bonds. The number of carbonyl (C=O) groups is 2. The van der Waals surface area contributed by atoms with Gasteiger partial charge in [-0.05, 0) is 44.1 Å². The van der Waals surface area contributed by atoms with Crippen molar-refractivity contribution in [3.05, 3.63) is 27.1 Å². The summed E-state index contributed by atoms with van der Waals surface area (Å²) in [6.45, 7) is 1.53. The van der Waals surface area contributed by atoms with Crippen molar-refractivity contribution in [2.75, 3.05) is 26.8 Å². The minimum Gasteiger partial charge on any atom is -0.385 e. The molecule has 0 unspecified atom stereocenters. The molecular weight excluding hydrogens is 392 g/mol. The first-order chi connectivity index (χ1) is 14.1. The van der Waals surface area contributed by atoms with Crippen molar-refractivity contribution in [1.29, 1.82) is 0 Å². The fourth-order valence-electron chi connectivity index (χ4n) is 3.51. The van der Waals surface area contributed by atoms with E-state index in [0.29, 0.717) is 37.9 Å². The Hall–Kier alpha value is -2.26. The molecule has 158 valence electrons. The topological polar surface area (TPSA) is 102 Å². The molecule has 3 rings (SSSR count). The molecule has 0 saturated carbocycles. The van der Waals surface area contributed by atoms with Crippen molar-refractivity contribution in [2.45, 2.75) is 51.5 Å². The Kier molecular flexibility index (Phi) is 7.76. The van der Waals surface area contributed by atoms with Gasteiger partial charge >= 0.3 is 0 Å². The van der Waals surface area contributed by atoms with Gasteiger partial charge < -0.3 is 15.4 Å². The van der Waals surface area contributed by atoms with Crippen LogP contribution in [0.4, 0.5) is 0 Å². The quantitative estimate of drug-likeness (QED) is 0.566. The van der Waals surface area contributed by atoms with Crippen LogP contribution >= 0.6 is 11.3 Å². The maximum atomic E-state index is 12.9. The van der Waals surface area contributed by atoms with E-state index in [0.717, 1.165) is 42.5 Å². The zero-order valence-corrected chi connectivity index (χ0v) is 17.6. The third-order valence-corrected chi connectivity index (χ3v) is 6.21. The first-order valence-electron chi connectivity index (χ1n) is 10.1. The molecule has 0 saturated heterocycles. The van der Waals surface area contributed by atoms with Crippen molar-refractivity contribution < 1.29 is 14.3 Å². The fourth-order valence-corrected chi connectivity index (χ4v) is 4.73. The number of rotatable bonds is 10. The lowest BCUT2D eigenvalue weighted by molar-refractivity contribution is -0.123. The van der Waals surface area contributed by atoms with Crippen molar-refractivity contribution in [1.82, 2.24) is 20.2 Å². The smallest absolute Gasteiger partial charge is 0.262 e. The summed E-state index contributed by atoms with van der Waals surface area (Å²) in [5.74, 6) is -0.290. The van der Waals surface area contributed by atoms with E-state index in [1.54, 1.807) is 18.4 Å². The number of hydrogen-bond donors (Lipinski definition) is 2. The Balaban J connectivity index is 1.47. The maximum Gasteiger partial charge on any atom is 0.262 e. The highest BCUT2D eigenvalue weighted by atomic mass is 32.1. The Morgan fingerprint density at radius 1 is 1.17 bits per heavy atom. The molecule has 0 atom stereocenters. The van der Waals surface area contributed by atoms with Gasteiger partial charge in [-0.25, -0.2) is 4.98 Å². The molecule has 0 radical (unpaired) electrons. The molecular formula is C20H28N4O4S. The number of hydrogen-bond acceptors (Lipinski definition) is 6.